The van der Waals surface area contributed by atoms with E-state index in [-0.39, 0.29) is 17.4 Å². The van der Waals surface area contributed by atoms with Crippen LogP contribution in [0.5, 0.6) is 5.75 Å². The quantitative estimate of drug-likeness (QED) is 0.305. The van der Waals surface area contributed by atoms with Gasteiger partial charge in [-0.25, -0.2) is 10.4 Å². The number of fused-ring (bicyclic) bond motifs is 1. The number of pyridine rings is 1. The number of carbonyl (C=O) groups is 1. The highest BCUT2D eigenvalue weighted by Gasteiger charge is 2.08. The standard InChI is InChI=1S/C24H28N4O2S/c1-5-28(6-2)19-9-8-18(22(29)13-19)14-25-27-23(30)15-31-24-12-17(4)20-11-16(3)7-10-21(20)26-24/h7-14,29H,5-6,15H2,1-4H3,(H,27,30)/b25-14+. The van der Waals surface area contributed by atoms with E-state index in [0.29, 0.717) is 5.56 Å². The third-order valence-electron chi connectivity index (χ3n) is 5.03. The van der Waals surface area contributed by atoms with Crippen LogP contribution in [0.4, 0.5) is 5.69 Å². The van der Waals surface area contributed by atoms with E-state index in [0.717, 1.165) is 40.3 Å². The molecule has 7 heteroatoms. The van der Waals surface area contributed by atoms with Crippen molar-refractivity contribution in [1.82, 2.24) is 10.4 Å². The molecule has 0 unspecified atom stereocenters. The minimum atomic E-state index is -0.232. The molecule has 1 aromatic heterocycles. The van der Waals surface area contributed by atoms with Crippen LogP contribution in [0.3, 0.4) is 0 Å². The Kier molecular flexibility index (Phi) is 7.52. The minimum Gasteiger partial charge on any atom is -0.507 e. The largest absolute Gasteiger partial charge is 0.507 e. The van der Waals surface area contributed by atoms with Gasteiger partial charge in [-0.3, -0.25) is 4.79 Å². The molecule has 0 saturated heterocycles. The number of thioether (sulfide) groups is 1. The molecule has 0 fully saturated rings. The lowest BCUT2D eigenvalue weighted by Crippen LogP contribution is -2.21. The normalized spacial score (nSPS) is 11.2. The minimum absolute atomic E-state index is 0.128. The van der Waals surface area contributed by atoms with Gasteiger partial charge in [-0.1, -0.05) is 23.4 Å². The maximum absolute atomic E-state index is 12.2. The fourth-order valence-corrected chi connectivity index (χ4v) is 4.09. The van der Waals surface area contributed by atoms with E-state index in [1.54, 1.807) is 12.1 Å². The van der Waals surface area contributed by atoms with Gasteiger partial charge in [0.1, 0.15) is 5.75 Å². The zero-order chi connectivity index (χ0) is 22.4. The van der Waals surface area contributed by atoms with Crippen LogP contribution in [-0.2, 0) is 4.79 Å². The third kappa shape index (κ3) is 5.76. The number of hydrazone groups is 1. The maximum atomic E-state index is 12.2. The lowest BCUT2D eigenvalue weighted by molar-refractivity contribution is -0.118. The molecule has 2 aromatic carbocycles. The summed E-state index contributed by atoms with van der Waals surface area (Å²) < 4.78 is 0. The molecule has 2 N–H and O–H groups in total. The summed E-state index contributed by atoms with van der Waals surface area (Å²) in [5.41, 5.74) is 7.27. The van der Waals surface area contributed by atoms with Crippen molar-refractivity contribution in [3.63, 3.8) is 0 Å². The predicted octanol–water partition coefficient (Wildman–Crippen LogP) is 4.65. The van der Waals surface area contributed by atoms with Gasteiger partial charge in [0, 0.05) is 35.8 Å². The van der Waals surface area contributed by atoms with Crippen LogP contribution in [0, 0.1) is 13.8 Å². The molecule has 0 atom stereocenters. The summed E-state index contributed by atoms with van der Waals surface area (Å²) in [4.78, 5) is 18.9. The van der Waals surface area contributed by atoms with Gasteiger partial charge in [0.15, 0.2) is 0 Å². The molecular weight excluding hydrogens is 408 g/mol. The van der Waals surface area contributed by atoms with Crippen molar-refractivity contribution in [3.8, 4) is 5.75 Å². The number of nitrogens with one attached hydrogen (secondary N) is 1. The summed E-state index contributed by atoms with van der Waals surface area (Å²) in [7, 11) is 0. The number of rotatable bonds is 8. The van der Waals surface area contributed by atoms with Crippen molar-refractivity contribution in [2.45, 2.75) is 32.7 Å². The molecule has 0 aliphatic heterocycles. The number of hydrogen-bond donors (Lipinski definition) is 2. The second-order valence-electron chi connectivity index (χ2n) is 7.30. The smallest absolute Gasteiger partial charge is 0.250 e. The number of aromatic nitrogens is 1. The summed E-state index contributed by atoms with van der Waals surface area (Å²) in [5, 5.41) is 16.1. The molecule has 6 nitrogen and oxygen atoms in total. The Balaban J connectivity index is 1.57. The molecule has 1 amide bonds. The van der Waals surface area contributed by atoms with E-state index in [1.165, 1.54) is 23.5 Å². The van der Waals surface area contributed by atoms with Gasteiger partial charge in [-0.15, -0.1) is 0 Å². The van der Waals surface area contributed by atoms with E-state index < -0.39 is 0 Å². The number of phenols is 1. The SMILES string of the molecule is CCN(CC)c1ccc(/C=N/NC(=O)CSc2cc(C)c3cc(C)ccc3n2)c(O)c1. The number of phenolic OH excluding ortho intramolecular Hbond substituents is 1. The van der Waals surface area contributed by atoms with Crippen LogP contribution < -0.4 is 10.3 Å². The van der Waals surface area contributed by atoms with Gasteiger partial charge < -0.3 is 10.0 Å². The number of benzene rings is 2. The Bertz CT molecular complexity index is 1110. The monoisotopic (exact) mass is 436 g/mol. The maximum Gasteiger partial charge on any atom is 0.250 e. The van der Waals surface area contributed by atoms with Gasteiger partial charge in [0.25, 0.3) is 0 Å². The van der Waals surface area contributed by atoms with Crippen molar-refractivity contribution in [3.05, 3.63) is 59.2 Å². The number of aromatic hydroxyl groups is 1. The molecule has 31 heavy (non-hydrogen) atoms. The van der Waals surface area contributed by atoms with Gasteiger partial charge in [-0.05, 0) is 63.6 Å². The van der Waals surface area contributed by atoms with Crippen LogP contribution in [0.15, 0.2) is 52.6 Å². The molecule has 3 rings (SSSR count). The van der Waals surface area contributed by atoms with Crippen LogP contribution in [0.1, 0.15) is 30.5 Å². The second kappa shape index (κ2) is 10.3. The molecule has 0 aliphatic rings. The Hall–Kier alpha value is -3.06. The summed E-state index contributed by atoms with van der Waals surface area (Å²) in [5.74, 6) is 0.0976. The van der Waals surface area contributed by atoms with E-state index in [9.17, 15) is 9.90 Å². The number of hydrogen-bond acceptors (Lipinski definition) is 6. The Labute approximate surface area is 187 Å². The first kappa shape index (κ1) is 22.6. The first-order valence-corrected chi connectivity index (χ1v) is 11.3. The summed E-state index contributed by atoms with van der Waals surface area (Å²) in [6.07, 6.45) is 1.45. The van der Waals surface area contributed by atoms with Crippen LogP contribution in [0.2, 0.25) is 0 Å². The van der Waals surface area contributed by atoms with Gasteiger partial charge in [-0.2, -0.15) is 5.10 Å². The molecular formula is C24H28N4O2S. The number of anilines is 1. The molecule has 0 spiro atoms. The lowest BCUT2D eigenvalue weighted by Gasteiger charge is -2.21. The van der Waals surface area contributed by atoms with Crippen molar-refractivity contribution < 1.29 is 9.90 Å². The number of carbonyl (C=O) groups excluding carboxylic acids is 1. The van der Waals surface area contributed by atoms with Gasteiger partial charge >= 0.3 is 0 Å². The molecule has 1 heterocycles. The zero-order valence-electron chi connectivity index (χ0n) is 18.3. The van der Waals surface area contributed by atoms with E-state index in [2.05, 4.69) is 54.2 Å². The number of aryl methyl sites for hydroxylation is 2. The highest BCUT2D eigenvalue weighted by atomic mass is 32.2. The van der Waals surface area contributed by atoms with Crippen LogP contribution in [0.25, 0.3) is 10.9 Å². The summed E-state index contributed by atoms with van der Waals surface area (Å²) in [6, 6.07) is 13.6. The first-order valence-electron chi connectivity index (χ1n) is 10.3. The Morgan fingerprint density at radius 3 is 2.65 bits per heavy atom. The first-order chi connectivity index (χ1) is 14.9. The highest BCUT2D eigenvalue weighted by molar-refractivity contribution is 7.99. The summed E-state index contributed by atoms with van der Waals surface area (Å²) >= 11 is 1.37. The fourth-order valence-electron chi connectivity index (χ4n) is 3.32. The Morgan fingerprint density at radius 1 is 1.16 bits per heavy atom. The number of amides is 1. The average molecular weight is 437 g/mol. The lowest BCUT2D eigenvalue weighted by atomic mass is 10.1. The highest BCUT2D eigenvalue weighted by Crippen LogP contribution is 2.25. The van der Waals surface area contributed by atoms with Crippen molar-refractivity contribution in [2.75, 3.05) is 23.7 Å². The average Bonchev–Trinajstić information content (AvgIpc) is 2.75. The van der Waals surface area contributed by atoms with Crippen LogP contribution in [-0.4, -0.2) is 41.1 Å². The summed E-state index contributed by atoms with van der Waals surface area (Å²) in [6.45, 7) is 9.98. The molecule has 162 valence electrons. The van der Waals surface area contributed by atoms with Gasteiger partial charge in [0.05, 0.1) is 22.5 Å². The fraction of sp³-hybridized carbons (Fsp3) is 0.292. The Morgan fingerprint density at radius 2 is 1.94 bits per heavy atom. The topological polar surface area (TPSA) is 77.8 Å². The van der Waals surface area contributed by atoms with E-state index >= 15 is 0 Å². The zero-order valence-corrected chi connectivity index (χ0v) is 19.2. The van der Waals surface area contributed by atoms with Crippen LogP contribution >= 0.6 is 11.8 Å². The molecule has 3 aromatic rings. The molecule has 0 aliphatic carbocycles. The van der Waals surface area contributed by atoms with Gasteiger partial charge in [0.2, 0.25) is 5.91 Å². The second-order valence-corrected chi connectivity index (χ2v) is 8.29. The predicted molar refractivity (Wildman–Crippen MR) is 129 cm³/mol. The molecule has 0 bridgehead atoms. The van der Waals surface area contributed by atoms with Crippen molar-refractivity contribution in [1.29, 1.82) is 0 Å². The van der Waals surface area contributed by atoms with Crippen molar-refractivity contribution >= 4 is 40.5 Å². The van der Waals surface area contributed by atoms with Crippen molar-refractivity contribution in [2.24, 2.45) is 5.10 Å². The van der Waals surface area contributed by atoms with E-state index in [1.807, 2.05) is 24.3 Å². The van der Waals surface area contributed by atoms with E-state index in [4.69, 9.17) is 0 Å². The molecule has 0 radical (unpaired) electrons. The molecule has 0 saturated carbocycles. The number of nitrogens with zero attached hydrogens (tertiary/aromatic N) is 3. The third-order valence-corrected chi connectivity index (χ3v) is 5.95.